The van der Waals surface area contributed by atoms with Crippen molar-refractivity contribution in [3.8, 4) is 22.3 Å². The van der Waals surface area contributed by atoms with Gasteiger partial charge in [0.25, 0.3) is 0 Å². The molecule has 182 valence electrons. The summed E-state index contributed by atoms with van der Waals surface area (Å²) in [7, 11) is 0. The molecule has 1 aliphatic carbocycles. The Kier molecular flexibility index (Phi) is 5.84. The zero-order chi connectivity index (χ0) is 25.6. The van der Waals surface area contributed by atoms with E-state index in [0.717, 1.165) is 0 Å². The monoisotopic (exact) mass is 478 g/mol. The molecule has 0 amide bonds. The summed E-state index contributed by atoms with van der Waals surface area (Å²) in [5.74, 6) is 1.01. The number of hydrogen-bond acceptors (Lipinski definition) is 0. The Bertz CT molecular complexity index is 1520. The summed E-state index contributed by atoms with van der Waals surface area (Å²) in [5.41, 5.74) is 13.1. The van der Waals surface area contributed by atoms with Crippen molar-refractivity contribution in [1.82, 2.24) is 0 Å². The van der Waals surface area contributed by atoms with Crippen LogP contribution in [0.5, 0.6) is 0 Å². The molecule has 0 heteroatoms. The molecule has 0 nitrogen and oxygen atoms in total. The molecule has 0 atom stereocenters. The minimum Gasteiger partial charge on any atom is -0.0622 e. The van der Waals surface area contributed by atoms with E-state index in [0.29, 0.717) is 11.8 Å². The summed E-state index contributed by atoms with van der Waals surface area (Å²) in [6, 6.07) is 45.3. The van der Waals surface area contributed by atoms with Gasteiger partial charge in [-0.2, -0.15) is 0 Å². The van der Waals surface area contributed by atoms with Crippen molar-refractivity contribution >= 4 is 0 Å². The van der Waals surface area contributed by atoms with Gasteiger partial charge in [0, 0.05) is 0 Å². The Labute approximate surface area is 221 Å². The highest BCUT2D eigenvalue weighted by molar-refractivity contribution is 5.88. The van der Waals surface area contributed by atoms with Gasteiger partial charge in [-0.3, -0.25) is 0 Å². The molecule has 6 rings (SSSR count). The Morgan fingerprint density at radius 3 is 1.57 bits per heavy atom. The van der Waals surface area contributed by atoms with E-state index in [-0.39, 0.29) is 5.41 Å². The van der Waals surface area contributed by atoms with Crippen LogP contribution < -0.4 is 0 Å². The van der Waals surface area contributed by atoms with E-state index in [2.05, 4.69) is 149 Å². The van der Waals surface area contributed by atoms with Crippen LogP contribution in [0.25, 0.3) is 22.3 Å². The lowest BCUT2D eigenvalue weighted by Gasteiger charge is -2.34. The second-order valence-electron chi connectivity index (χ2n) is 10.9. The van der Waals surface area contributed by atoms with E-state index in [1.807, 2.05) is 0 Å². The normalized spacial score (nSPS) is 13.6. The average molecular weight is 479 g/mol. The van der Waals surface area contributed by atoms with Crippen molar-refractivity contribution in [2.45, 2.75) is 44.9 Å². The van der Waals surface area contributed by atoms with E-state index >= 15 is 0 Å². The Morgan fingerprint density at radius 2 is 0.946 bits per heavy atom. The highest BCUT2D eigenvalue weighted by Crippen LogP contribution is 2.56. The van der Waals surface area contributed by atoms with Gasteiger partial charge in [0.2, 0.25) is 0 Å². The summed E-state index contributed by atoms with van der Waals surface area (Å²) >= 11 is 0. The first-order chi connectivity index (χ1) is 18.0. The van der Waals surface area contributed by atoms with Crippen molar-refractivity contribution in [2.24, 2.45) is 0 Å². The molecule has 0 heterocycles. The summed E-state index contributed by atoms with van der Waals surface area (Å²) < 4.78 is 0. The second kappa shape index (κ2) is 9.20. The van der Waals surface area contributed by atoms with Crippen LogP contribution in [0.2, 0.25) is 0 Å². The highest BCUT2D eigenvalue weighted by atomic mass is 14.5. The molecule has 0 saturated carbocycles. The molecule has 0 bridgehead atoms. The zero-order valence-corrected chi connectivity index (χ0v) is 22.2. The molecular formula is C37H34. The van der Waals surface area contributed by atoms with Crippen LogP contribution in [0.3, 0.4) is 0 Å². The smallest absolute Gasteiger partial charge is 0.0622 e. The maximum atomic E-state index is 2.46. The van der Waals surface area contributed by atoms with Gasteiger partial charge in [0.15, 0.2) is 0 Å². The van der Waals surface area contributed by atoms with Gasteiger partial charge in [-0.1, -0.05) is 143 Å². The van der Waals surface area contributed by atoms with Gasteiger partial charge in [0.1, 0.15) is 0 Å². The first-order valence-corrected chi connectivity index (χ1v) is 13.5. The zero-order valence-electron chi connectivity index (χ0n) is 22.2. The van der Waals surface area contributed by atoms with E-state index in [9.17, 15) is 0 Å². The van der Waals surface area contributed by atoms with Crippen molar-refractivity contribution in [1.29, 1.82) is 0 Å². The maximum absolute atomic E-state index is 2.46. The van der Waals surface area contributed by atoms with Gasteiger partial charge in [0.05, 0.1) is 5.41 Å². The Balaban J connectivity index is 1.65. The molecule has 1 aliphatic rings. The first kappa shape index (κ1) is 23.5. The summed E-state index contributed by atoms with van der Waals surface area (Å²) in [4.78, 5) is 0. The minimum atomic E-state index is -0.358. The van der Waals surface area contributed by atoms with E-state index in [1.54, 1.807) is 0 Å². The van der Waals surface area contributed by atoms with Gasteiger partial charge in [-0.05, 0) is 73.5 Å². The fraction of sp³-hybridized carbons (Fsp3) is 0.189. The molecule has 0 saturated heterocycles. The molecule has 0 fully saturated rings. The number of hydrogen-bond donors (Lipinski definition) is 0. The third-order valence-corrected chi connectivity index (χ3v) is 8.12. The Morgan fingerprint density at radius 1 is 0.432 bits per heavy atom. The maximum Gasteiger partial charge on any atom is 0.0713 e. The summed E-state index contributed by atoms with van der Waals surface area (Å²) in [5, 5.41) is 0. The van der Waals surface area contributed by atoms with Gasteiger partial charge < -0.3 is 0 Å². The lowest BCUT2D eigenvalue weighted by Crippen LogP contribution is -2.28. The summed E-state index contributed by atoms with van der Waals surface area (Å²) in [6.45, 7) is 9.20. The van der Waals surface area contributed by atoms with Crippen molar-refractivity contribution in [3.63, 3.8) is 0 Å². The molecule has 5 aromatic rings. The molecule has 37 heavy (non-hydrogen) atoms. The van der Waals surface area contributed by atoms with Crippen LogP contribution in [-0.2, 0) is 5.41 Å². The highest BCUT2D eigenvalue weighted by Gasteiger charge is 2.46. The van der Waals surface area contributed by atoms with Crippen LogP contribution >= 0.6 is 0 Å². The van der Waals surface area contributed by atoms with Gasteiger partial charge >= 0.3 is 0 Å². The topological polar surface area (TPSA) is 0 Å². The molecule has 5 aromatic carbocycles. The Hall–Kier alpha value is -3.90. The summed E-state index contributed by atoms with van der Waals surface area (Å²) in [6.07, 6.45) is 0. The van der Waals surface area contributed by atoms with Gasteiger partial charge in [-0.15, -0.1) is 0 Å². The van der Waals surface area contributed by atoms with E-state index in [4.69, 9.17) is 0 Å². The van der Waals surface area contributed by atoms with E-state index in [1.165, 1.54) is 55.6 Å². The molecule has 0 aromatic heterocycles. The van der Waals surface area contributed by atoms with Crippen molar-refractivity contribution in [3.05, 3.63) is 155 Å². The lowest BCUT2D eigenvalue weighted by molar-refractivity contribution is 0.768. The van der Waals surface area contributed by atoms with Crippen LogP contribution in [0.1, 0.15) is 72.9 Å². The number of fused-ring (bicyclic) bond motifs is 3. The largest absolute Gasteiger partial charge is 0.0713 e. The van der Waals surface area contributed by atoms with Gasteiger partial charge in [-0.25, -0.2) is 0 Å². The molecule has 0 aliphatic heterocycles. The predicted molar refractivity (Wildman–Crippen MR) is 157 cm³/mol. The average Bonchev–Trinajstić information content (AvgIpc) is 3.24. The quantitative estimate of drug-likeness (QED) is 0.231. The predicted octanol–water partition coefficient (Wildman–Crippen LogP) is 9.96. The SMILES string of the molecule is CC(C)c1ccc(-c2ccc3c(c2)C(c2ccccc2)(c2ccccc2)c2ccccc2-3)cc1C(C)C. The fourth-order valence-electron chi connectivity index (χ4n) is 6.40. The fourth-order valence-corrected chi connectivity index (χ4v) is 6.40. The molecule has 0 radical (unpaired) electrons. The van der Waals surface area contributed by atoms with Crippen LogP contribution in [-0.4, -0.2) is 0 Å². The molecule has 0 unspecified atom stereocenters. The lowest BCUT2D eigenvalue weighted by atomic mass is 9.67. The molecular weight excluding hydrogens is 444 g/mol. The first-order valence-electron chi connectivity index (χ1n) is 13.5. The molecule has 0 N–H and O–H groups in total. The number of benzene rings is 5. The van der Waals surface area contributed by atoms with Crippen molar-refractivity contribution in [2.75, 3.05) is 0 Å². The molecule has 0 spiro atoms. The second-order valence-corrected chi connectivity index (χ2v) is 10.9. The third-order valence-electron chi connectivity index (χ3n) is 8.12. The van der Waals surface area contributed by atoms with Crippen molar-refractivity contribution < 1.29 is 0 Å². The van der Waals surface area contributed by atoms with Crippen LogP contribution in [0, 0.1) is 0 Å². The van der Waals surface area contributed by atoms with Crippen LogP contribution in [0.4, 0.5) is 0 Å². The third kappa shape index (κ3) is 3.66. The number of rotatable bonds is 5. The minimum absolute atomic E-state index is 0.358. The standard InChI is InChI=1S/C37H34/c1-25(2)31-21-19-27(23-34(31)26(3)4)28-20-22-33-32-17-11-12-18-35(32)37(36(33)24-28,29-13-7-5-8-14-29)30-15-9-6-10-16-30/h5-26H,1-4H3. The van der Waals surface area contributed by atoms with Crippen LogP contribution in [0.15, 0.2) is 121 Å². The van der Waals surface area contributed by atoms with E-state index < -0.39 is 0 Å².